The Balaban J connectivity index is 1.39. The van der Waals surface area contributed by atoms with Crippen LogP contribution in [0.5, 0.6) is 17.2 Å². The predicted octanol–water partition coefficient (Wildman–Crippen LogP) is 0.668. The summed E-state index contributed by atoms with van der Waals surface area (Å²) in [4.78, 5) is 35.8. The van der Waals surface area contributed by atoms with E-state index in [1.165, 1.54) is 24.3 Å². The number of hydrogen-bond acceptors (Lipinski definition) is 12. The monoisotopic (exact) mass is 695 g/mol. The van der Waals surface area contributed by atoms with Gasteiger partial charge in [0.05, 0.1) is 24.3 Å². The molecule has 1 saturated heterocycles. The van der Waals surface area contributed by atoms with Gasteiger partial charge in [-0.3, -0.25) is 9.69 Å². The van der Waals surface area contributed by atoms with Gasteiger partial charge in [0.2, 0.25) is 5.79 Å². The molecule has 0 unspecified atom stereocenters. The van der Waals surface area contributed by atoms with E-state index in [4.69, 9.17) is 9.47 Å². The molecule has 1 amide bonds. The number of ether oxygens (including phenoxy) is 2. The maximum Gasteiger partial charge on any atom is 0.330 e. The Morgan fingerprint density at radius 3 is 2.60 bits per heavy atom. The number of imidazole rings is 1. The van der Waals surface area contributed by atoms with Crippen LogP contribution in [0.4, 0.5) is 5.69 Å². The van der Waals surface area contributed by atoms with Crippen molar-refractivity contribution in [2.75, 3.05) is 18.1 Å². The number of aromatic nitrogens is 2. The molecule has 3 aliphatic heterocycles. The van der Waals surface area contributed by atoms with Crippen LogP contribution in [0.25, 0.3) is 6.08 Å². The molecule has 3 aromatic rings. The summed E-state index contributed by atoms with van der Waals surface area (Å²) in [5.74, 6) is -4.60. The molecule has 1 spiro atoms. The first-order valence-corrected chi connectivity index (χ1v) is 16.5. The van der Waals surface area contributed by atoms with Gasteiger partial charge in [-0.15, -0.1) is 0 Å². The normalized spacial score (nSPS) is 27.4. The molecule has 4 heterocycles. The number of H-pyrrole nitrogens is 1. The van der Waals surface area contributed by atoms with Gasteiger partial charge in [0.15, 0.2) is 11.5 Å². The smallest absolute Gasteiger partial charge is 0.330 e. The standard InChI is InChI=1S/C35H41N3O12/c1-2-22-23(37-17-36-22)13-19-12-18(4-6-24(19)41)5-7-27(43)38-28-20(15-34(38,33(47)48)9-3-11-39)14-25(42)31-21(28)8-10-35(50-31)32(46)30(45)29(44)26(16-40)49-35/h4-7,12,14,17,26,29-30,32,39-42,44-46H,2-3,8-11,13,15-16H2,1H3,(H,36,37)(H,47,48)/b7-5+/t26-,29-,30+,32-,34-,35+/m1/s1. The Bertz CT molecular complexity index is 1810. The van der Waals surface area contributed by atoms with Crippen molar-refractivity contribution in [3.05, 3.63) is 70.3 Å². The number of carboxylic acids is 1. The van der Waals surface area contributed by atoms with Crippen LogP contribution in [0, 0.1) is 0 Å². The molecule has 9 N–H and O–H groups in total. The number of fused-ring (bicyclic) bond motifs is 3. The molecule has 3 aliphatic rings. The molecule has 0 radical (unpaired) electrons. The minimum Gasteiger partial charge on any atom is -0.508 e. The molecule has 1 fully saturated rings. The van der Waals surface area contributed by atoms with Crippen LogP contribution in [-0.2, 0) is 40.0 Å². The molecule has 0 aliphatic carbocycles. The number of aryl methyl sites for hydroxylation is 1. The highest BCUT2D eigenvalue weighted by Gasteiger charge is 2.59. The largest absolute Gasteiger partial charge is 0.508 e. The van der Waals surface area contributed by atoms with Gasteiger partial charge in [-0.25, -0.2) is 9.78 Å². The third-order valence-electron chi connectivity index (χ3n) is 9.97. The van der Waals surface area contributed by atoms with Crippen molar-refractivity contribution in [3.63, 3.8) is 0 Å². The maximum absolute atomic E-state index is 14.2. The highest BCUT2D eigenvalue weighted by molar-refractivity contribution is 6.11. The molecule has 6 atom stereocenters. The number of carboxylic acid groups (broad SMARTS) is 1. The van der Waals surface area contributed by atoms with Crippen molar-refractivity contribution >= 4 is 23.6 Å². The minimum atomic E-state index is -1.98. The number of carbonyl (C=O) groups is 2. The van der Waals surface area contributed by atoms with Gasteiger partial charge in [-0.2, -0.15) is 0 Å². The molecule has 0 saturated carbocycles. The lowest BCUT2D eigenvalue weighted by Gasteiger charge is -2.50. The number of aliphatic hydroxyl groups is 5. The third kappa shape index (κ3) is 5.89. The predicted molar refractivity (Wildman–Crippen MR) is 176 cm³/mol. The first kappa shape index (κ1) is 35.3. The highest BCUT2D eigenvalue weighted by Crippen LogP contribution is 2.54. The van der Waals surface area contributed by atoms with Gasteiger partial charge in [0, 0.05) is 48.8 Å². The van der Waals surface area contributed by atoms with E-state index in [-0.39, 0.29) is 61.5 Å². The first-order valence-electron chi connectivity index (χ1n) is 16.5. The van der Waals surface area contributed by atoms with E-state index in [9.17, 15) is 50.4 Å². The Morgan fingerprint density at radius 2 is 1.90 bits per heavy atom. The summed E-state index contributed by atoms with van der Waals surface area (Å²) in [6.45, 7) is 0.932. The number of nitrogens with one attached hydrogen (secondary N) is 1. The van der Waals surface area contributed by atoms with Crippen LogP contribution in [0.15, 0.2) is 36.7 Å². The Morgan fingerprint density at radius 1 is 1.12 bits per heavy atom. The zero-order valence-corrected chi connectivity index (χ0v) is 27.3. The number of benzene rings is 2. The number of aromatic hydroxyl groups is 2. The van der Waals surface area contributed by atoms with E-state index < -0.39 is 60.0 Å². The van der Waals surface area contributed by atoms with E-state index in [1.54, 1.807) is 18.5 Å². The number of hydrogen-bond donors (Lipinski definition) is 9. The fraction of sp³-hybridized carbons (Fsp3) is 0.457. The zero-order chi connectivity index (χ0) is 36.0. The van der Waals surface area contributed by atoms with Gasteiger partial charge in [0.1, 0.15) is 35.7 Å². The van der Waals surface area contributed by atoms with E-state index in [1.807, 2.05) is 6.92 Å². The lowest BCUT2D eigenvalue weighted by molar-refractivity contribution is -0.342. The molecule has 1 aromatic heterocycles. The maximum atomic E-state index is 14.2. The summed E-state index contributed by atoms with van der Waals surface area (Å²) in [5, 5.41) is 83.5. The number of nitrogens with zero attached hydrogens (tertiary/aromatic N) is 2. The van der Waals surface area contributed by atoms with Crippen LogP contribution in [0.3, 0.4) is 0 Å². The zero-order valence-electron chi connectivity index (χ0n) is 27.3. The molecule has 6 rings (SSSR count). The Labute approximate surface area is 286 Å². The quantitative estimate of drug-likeness (QED) is 0.133. The number of aliphatic hydroxyl groups excluding tert-OH is 5. The molecular formula is C35H41N3O12. The van der Waals surface area contributed by atoms with Gasteiger partial charge in [-0.1, -0.05) is 13.0 Å². The van der Waals surface area contributed by atoms with Crippen LogP contribution in [0.1, 0.15) is 59.8 Å². The van der Waals surface area contributed by atoms with E-state index in [2.05, 4.69) is 9.97 Å². The lowest BCUT2D eigenvalue weighted by Crippen LogP contribution is -2.68. The van der Waals surface area contributed by atoms with Crippen LogP contribution >= 0.6 is 0 Å². The second-order valence-electron chi connectivity index (χ2n) is 13.0. The number of carbonyl (C=O) groups excluding carboxylic acids is 1. The number of anilines is 1. The fourth-order valence-corrected chi connectivity index (χ4v) is 7.41. The van der Waals surface area contributed by atoms with Crippen molar-refractivity contribution in [1.29, 1.82) is 0 Å². The van der Waals surface area contributed by atoms with Crippen molar-refractivity contribution in [3.8, 4) is 17.2 Å². The number of aromatic amines is 1. The summed E-state index contributed by atoms with van der Waals surface area (Å²) in [6.07, 6.45) is -1.56. The van der Waals surface area contributed by atoms with E-state index in [0.29, 0.717) is 29.5 Å². The van der Waals surface area contributed by atoms with Gasteiger partial charge in [-0.05, 0) is 61.1 Å². The average molecular weight is 696 g/mol. The summed E-state index contributed by atoms with van der Waals surface area (Å²) in [5.41, 5.74) is 1.77. The average Bonchev–Trinajstić information content (AvgIpc) is 3.70. The molecule has 2 aromatic carbocycles. The number of rotatable bonds is 10. The van der Waals surface area contributed by atoms with Crippen LogP contribution in [0.2, 0.25) is 0 Å². The van der Waals surface area contributed by atoms with Crippen molar-refractivity contribution in [2.45, 2.75) is 87.6 Å². The number of phenols is 2. The number of aliphatic carboxylic acids is 1. The van der Waals surface area contributed by atoms with Crippen molar-refractivity contribution in [2.24, 2.45) is 0 Å². The Kier molecular flexibility index (Phi) is 9.65. The van der Waals surface area contributed by atoms with Crippen molar-refractivity contribution in [1.82, 2.24) is 9.97 Å². The minimum absolute atomic E-state index is 0.0258. The molecule has 15 nitrogen and oxygen atoms in total. The number of amides is 1. The lowest BCUT2D eigenvalue weighted by atomic mass is 9.86. The molecule has 268 valence electrons. The second-order valence-corrected chi connectivity index (χ2v) is 13.0. The second kappa shape index (κ2) is 13.7. The molecular weight excluding hydrogens is 654 g/mol. The van der Waals surface area contributed by atoms with Gasteiger partial charge < -0.3 is 55.3 Å². The Hall–Kier alpha value is -4.51. The van der Waals surface area contributed by atoms with Crippen molar-refractivity contribution < 1.29 is 59.9 Å². The van der Waals surface area contributed by atoms with E-state index >= 15 is 0 Å². The van der Waals surface area contributed by atoms with E-state index in [0.717, 1.165) is 16.3 Å². The highest BCUT2D eigenvalue weighted by atomic mass is 16.7. The molecule has 15 heteroatoms. The fourth-order valence-electron chi connectivity index (χ4n) is 7.41. The molecule has 0 bridgehead atoms. The van der Waals surface area contributed by atoms with Gasteiger partial charge >= 0.3 is 5.97 Å². The number of phenolic OH excluding ortho intramolecular Hbond substituents is 2. The molecule has 50 heavy (non-hydrogen) atoms. The summed E-state index contributed by atoms with van der Waals surface area (Å²) >= 11 is 0. The SMILES string of the molecule is CCc1nc[nH]c1Cc1cc(/C=C/C(=O)N2c3c(cc(O)c4c3CC[C@@]3(O4)O[C@H](CO)[C@@H](O)[C@H](O)[C@H]3O)C[C@]2(CCCO)C(=O)O)ccc1O. The first-order chi connectivity index (χ1) is 23.9. The van der Waals surface area contributed by atoms with Crippen LogP contribution < -0.4 is 9.64 Å². The third-order valence-corrected chi connectivity index (χ3v) is 9.97. The summed E-state index contributed by atoms with van der Waals surface area (Å²) in [6, 6.07) is 6.09. The topological polar surface area (TPSA) is 246 Å². The summed E-state index contributed by atoms with van der Waals surface area (Å²) in [7, 11) is 0. The van der Waals surface area contributed by atoms with Gasteiger partial charge in [0.25, 0.3) is 5.91 Å². The summed E-state index contributed by atoms with van der Waals surface area (Å²) < 4.78 is 11.8. The van der Waals surface area contributed by atoms with Crippen LogP contribution in [-0.4, -0.2) is 112 Å².